The molecule has 11 heteroatoms. The maximum atomic E-state index is 6.24. The highest BCUT2D eigenvalue weighted by Gasteiger charge is 2.37. The van der Waals surface area contributed by atoms with Gasteiger partial charge in [-0.3, -0.25) is 5.32 Å². The van der Waals surface area contributed by atoms with E-state index in [1.165, 1.54) is 0 Å². The van der Waals surface area contributed by atoms with Gasteiger partial charge in [0.2, 0.25) is 11.9 Å². The topological polar surface area (TPSA) is 105 Å². The number of ether oxygens (including phenoxy) is 2. The number of aliphatic imine (C=N–C) groups is 1. The summed E-state index contributed by atoms with van der Waals surface area (Å²) in [4.78, 5) is 14.0. The van der Waals surface area contributed by atoms with Crippen molar-refractivity contribution >= 4 is 46.5 Å². The van der Waals surface area contributed by atoms with E-state index in [1.54, 1.807) is 26.4 Å². The highest BCUT2D eigenvalue weighted by atomic mass is 35.5. The third-order valence-electron chi connectivity index (χ3n) is 5.65. The van der Waals surface area contributed by atoms with Crippen LogP contribution in [0.5, 0.6) is 11.5 Å². The van der Waals surface area contributed by atoms with E-state index in [9.17, 15) is 0 Å². The summed E-state index contributed by atoms with van der Waals surface area (Å²) in [6.45, 7) is 12.6. The van der Waals surface area contributed by atoms with Crippen molar-refractivity contribution in [2.24, 2.45) is 4.99 Å². The molecule has 0 atom stereocenters. The highest BCUT2D eigenvalue weighted by Crippen LogP contribution is 2.36. The second-order valence-corrected chi connectivity index (χ2v) is 11.1. The van der Waals surface area contributed by atoms with Gasteiger partial charge in [0.25, 0.3) is 0 Å². The number of rotatable bonds is 5. The van der Waals surface area contributed by atoms with E-state index in [0.717, 1.165) is 24.2 Å². The number of aryl methyl sites for hydroxylation is 2. The molecule has 3 rings (SSSR count). The number of methoxy groups -OCH3 is 2. The van der Waals surface area contributed by atoms with Crippen LogP contribution >= 0.6 is 23.8 Å². The number of benzene rings is 1. The lowest BCUT2D eigenvalue weighted by Crippen LogP contribution is -2.59. The smallest absolute Gasteiger partial charge is 0.229 e. The van der Waals surface area contributed by atoms with Crippen LogP contribution in [0.25, 0.3) is 0 Å². The lowest BCUT2D eigenvalue weighted by molar-refractivity contribution is 0.164. The first kappa shape index (κ1) is 27.9. The number of nitrogens with one attached hydrogen (secondary N) is 4. The Labute approximate surface area is 223 Å². The third-order valence-corrected chi connectivity index (χ3v) is 6.15. The molecule has 0 radical (unpaired) electrons. The fourth-order valence-corrected chi connectivity index (χ4v) is 5.18. The van der Waals surface area contributed by atoms with Gasteiger partial charge in [-0.1, -0.05) is 11.6 Å². The summed E-state index contributed by atoms with van der Waals surface area (Å²) in [5, 5.41) is 14.0. The van der Waals surface area contributed by atoms with Gasteiger partial charge in [0.1, 0.15) is 11.5 Å². The molecule has 1 aliphatic heterocycles. The predicted octanol–water partition coefficient (Wildman–Crippen LogP) is 4.83. The van der Waals surface area contributed by atoms with Gasteiger partial charge in [0.15, 0.2) is 5.11 Å². The Morgan fingerprint density at radius 1 is 1.00 bits per heavy atom. The Kier molecular flexibility index (Phi) is 8.63. The van der Waals surface area contributed by atoms with Crippen molar-refractivity contribution in [1.82, 2.24) is 20.6 Å². The van der Waals surface area contributed by atoms with Crippen LogP contribution in [0.1, 0.15) is 51.9 Å². The molecule has 4 N–H and O–H groups in total. The van der Waals surface area contributed by atoms with E-state index < -0.39 is 0 Å². The molecular weight excluding hydrogens is 498 g/mol. The summed E-state index contributed by atoms with van der Waals surface area (Å²) in [6.07, 6.45) is 1.72. The van der Waals surface area contributed by atoms with Crippen LogP contribution in [0.15, 0.2) is 23.2 Å². The zero-order chi connectivity index (χ0) is 26.7. The number of guanidine groups is 1. The van der Waals surface area contributed by atoms with Gasteiger partial charge in [0.05, 0.1) is 31.0 Å². The average molecular weight is 534 g/mol. The lowest BCUT2D eigenvalue weighted by Gasteiger charge is -2.45. The van der Waals surface area contributed by atoms with Crippen LogP contribution in [-0.4, -0.2) is 52.4 Å². The van der Waals surface area contributed by atoms with E-state index in [1.807, 2.05) is 19.9 Å². The quantitative estimate of drug-likeness (QED) is 0.244. The first-order valence-corrected chi connectivity index (χ1v) is 12.5. The van der Waals surface area contributed by atoms with Crippen molar-refractivity contribution in [2.75, 3.05) is 24.9 Å². The number of hydrogen-bond acceptors (Lipinski definition) is 7. The Balaban J connectivity index is 1.89. The molecule has 9 nitrogen and oxygen atoms in total. The molecule has 1 saturated heterocycles. The predicted molar refractivity (Wildman–Crippen MR) is 151 cm³/mol. The Morgan fingerprint density at radius 3 is 2.14 bits per heavy atom. The number of anilines is 2. The minimum atomic E-state index is -0.0660. The SMILES string of the molecule is COc1cc(NC(=S)NC(=NC2CC(C)(C)NC(C)(C)C2)Nc2nc(C)cc(C)n2)c(OC)cc1Cl. The normalized spacial score (nSPS) is 17.3. The van der Waals surface area contributed by atoms with E-state index in [-0.39, 0.29) is 17.1 Å². The van der Waals surface area contributed by atoms with Gasteiger partial charge in [-0.05, 0) is 72.7 Å². The fourth-order valence-electron chi connectivity index (χ4n) is 4.75. The molecule has 1 aliphatic rings. The standard InChI is InChI=1S/C25H36ClN7O2S/c1-14-9-15(2)28-21(27-14)31-22(29-16-12-24(3,4)33-25(5,6)13-16)32-23(36)30-18-11-19(34-7)17(26)10-20(18)35-8/h9-11,16,33H,12-13H2,1-8H3,(H3,27,28,29,30,31,32,36). The molecule has 0 unspecified atom stereocenters. The molecule has 1 fully saturated rings. The van der Waals surface area contributed by atoms with Crippen molar-refractivity contribution < 1.29 is 9.47 Å². The van der Waals surface area contributed by atoms with Crippen molar-refractivity contribution in [1.29, 1.82) is 0 Å². The van der Waals surface area contributed by atoms with Crippen molar-refractivity contribution in [3.63, 3.8) is 0 Å². The molecule has 36 heavy (non-hydrogen) atoms. The Morgan fingerprint density at radius 2 is 1.58 bits per heavy atom. The minimum absolute atomic E-state index is 0.0464. The van der Waals surface area contributed by atoms with E-state index in [0.29, 0.717) is 39.2 Å². The number of halogens is 1. The summed E-state index contributed by atoms with van der Waals surface area (Å²) in [7, 11) is 3.11. The van der Waals surface area contributed by atoms with Crippen molar-refractivity contribution in [2.45, 2.75) is 71.5 Å². The summed E-state index contributed by atoms with van der Waals surface area (Å²) in [5.41, 5.74) is 2.18. The van der Waals surface area contributed by atoms with Crippen LogP contribution in [0.2, 0.25) is 5.02 Å². The van der Waals surface area contributed by atoms with Crippen LogP contribution in [0.4, 0.5) is 11.6 Å². The molecule has 2 heterocycles. The third kappa shape index (κ3) is 7.65. The molecule has 0 spiro atoms. The summed E-state index contributed by atoms with van der Waals surface area (Å²) in [6, 6.07) is 5.36. The Hall–Kier alpha value is -2.69. The van der Waals surface area contributed by atoms with Crippen LogP contribution in [0, 0.1) is 13.8 Å². The minimum Gasteiger partial charge on any atom is -0.495 e. The van der Waals surface area contributed by atoms with E-state index >= 15 is 0 Å². The molecule has 2 aromatic rings. The number of piperidine rings is 1. The molecule has 0 saturated carbocycles. The number of hydrogen-bond donors (Lipinski definition) is 4. The summed E-state index contributed by atoms with van der Waals surface area (Å²) in [5.74, 6) is 1.92. The van der Waals surface area contributed by atoms with Gasteiger partial charge < -0.3 is 25.4 Å². The summed E-state index contributed by atoms with van der Waals surface area (Å²) >= 11 is 11.9. The van der Waals surface area contributed by atoms with E-state index in [2.05, 4.69) is 58.9 Å². The highest BCUT2D eigenvalue weighted by molar-refractivity contribution is 7.80. The Bertz CT molecular complexity index is 1120. The molecule has 0 aliphatic carbocycles. The number of aromatic nitrogens is 2. The monoisotopic (exact) mass is 533 g/mol. The molecule has 196 valence electrons. The van der Waals surface area contributed by atoms with Gasteiger partial charge in [-0.15, -0.1) is 0 Å². The first-order chi connectivity index (χ1) is 16.8. The molecule has 1 aromatic carbocycles. The van der Waals surface area contributed by atoms with Gasteiger partial charge in [0, 0.05) is 34.6 Å². The lowest BCUT2D eigenvalue weighted by atomic mass is 9.80. The molecule has 0 amide bonds. The second-order valence-electron chi connectivity index (χ2n) is 10.3. The van der Waals surface area contributed by atoms with Crippen molar-refractivity contribution in [3.05, 3.63) is 34.6 Å². The largest absolute Gasteiger partial charge is 0.495 e. The van der Waals surface area contributed by atoms with Crippen LogP contribution < -0.4 is 30.7 Å². The second kappa shape index (κ2) is 11.1. The van der Waals surface area contributed by atoms with E-state index in [4.69, 9.17) is 38.3 Å². The summed E-state index contributed by atoms with van der Waals surface area (Å²) < 4.78 is 10.8. The number of thiocarbonyl (C=S) groups is 1. The molecule has 0 bridgehead atoms. The molecule has 1 aromatic heterocycles. The first-order valence-electron chi connectivity index (χ1n) is 11.7. The van der Waals surface area contributed by atoms with Gasteiger partial charge in [-0.2, -0.15) is 0 Å². The molecular formula is C25H36ClN7O2S. The fraction of sp³-hybridized carbons (Fsp3) is 0.520. The maximum Gasteiger partial charge on any atom is 0.229 e. The number of nitrogens with zero attached hydrogens (tertiary/aromatic N) is 3. The zero-order valence-corrected chi connectivity index (χ0v) is 23.7. The van der Waals surface area contributed by atoms with Crippen LogP contribution in [-0.2, 0) is 0 Å². The van der Waals surface area contributed by atoms with Crippen molar-refractivity contribution in [3.8, 4) is 11.5 Å². The van der Waals surface area contributed by atoms with Crippen LogP contribution in [0.3, 0.4) is 0 Å². The van der Waals surface area contributed by atoms with Gasteiger partial charge in [-0.25, -0.2) is 15.0 Å². The van der Waals surface area contributed by atoms with Gasteiger partial charge >= 0.3 is 0 Å². The maximum absolute atomic E-state index is 6.24. The average Bonchev–Trinajstić information content (AvgIpc) is 2.71. The zero-order valence-electron chi connectivity index (χ0n) is 22.2.